The standard InChI is InChI=1S/C24H31N5O4/c1-15(30)26-17-8-6-16(7-9-17)23(31)25-14-24(2,3)22-13-21(28(4)5)19-12-18(29(32)33)10-11-20(19)27-22/h6-12,21-22,27H,13-14H2,1-5H3,(H,25,31)(H,26,30). The Morgan fingerprint density at radius 3 is 2.42 bits per heavy atom. The molecule has 0 aromatic heterocycles. The minimum atomic E-state index is -0.374. The summed E-state index contributed by atoms with van der Waals surface area (Å²) in [4.78, 5) is 36.8. The molecule has 0 fully saturated rings. The molecule has 2 unspecified atom stereocenters. The molecule has 0 radical (unpaired) electrons. The molecule has 2 atom stereocenters. The number of hydrogen-bond acceptors (Lipinski definition) is 6. The van der Waals surface area contributed by atoms with Crippen LogP contribution in [0.25, 0.3) is 0 Å². The zero-order valence-electron chi connectivity index (χ0n) is 19.6. The Balaban J connectivity index is 1.71. The first-order chi connectivity index (χ1) is 15.5. The van der Waals surface area contributed by atoms with Crippen molar-refractivity contribution in [3.05, 3.63) is 63.7 Å². The highest BCUT2D eigenvalue weighted by molar-refractivity contribution is 5.95. The predicted octanol–water partition coefficient (Wildman–Crippen LogP) is 3.80. The lowest BCUT2D eigenvalue weighted by atomic mass is 9.77. The SMILES string of the molecule is CC(=O)Nc1ccc(C(=O)NCC(C)(C)C2CC(N(C)C)c3cc([N+](=O)[O-])ccc3N2)cc1. The minimum absolute atomic E-state index is 0.0162. The van der Waals surface area contributed by atoms with Gasteiger partial charge in [0.1, 0.15) is 0 Å². The number of benzene rings is 2. The van der Waals surface area contributed by atoms with Gasteiger partial charge in [0, 0.05) is 60.0 Å². The number of fused-ring (bicyclic) bond motifs is 1. The van der Waals surface area contributed by atoms with E-state index in [0.29, 0.717) is 17.8 Å². The molecule has 0 spiro atoms. The fraction of sp³-hybridized carbons (Fsp3) is 0.417. The average molecular weight is 454 g/mol. The molecule has 2 aromatic carbocycles. The molecular formula is C24H31N5O4. The van der Waals surface area contributed by atoms with Gasteiger partial charge in [-0.1, -0.05) is 13.8 Å². The first-order valence-electron chi connectivity index (χ1n) is 10.8. The molecule has 2 amide bonds. The number of nitro groups is 1. The van der Waals surface area contributed by atoms with Crippen molar-refractivity contribution in [2.75, 3.05) is 31.3 Å². The summed E-state index contributed by atoms with van der Waals surface area (Å²) in [6.45, 7) is 6.06. The van der Waals surface area contributed by atoms with Crippen molar-refractivity contribution in [1.82, 2.24) is 10.2 Å². The largest absolute Gasteiger partial charge is 0.381 e. The van der Waals surface area contributed by atoms with E-state index in [1.54, 1.807) is 36.4 Å². The van der Waals surface area contributed by atoms with Crippen LogP contribution in [0.5, 0.6) is 0 Å². The maximum absolute atomic E-state index is 12.7. The normalized spacial score (nSPS) is 17.6. The van der Waals surface area contributed by atoms with E-state index >= 15 is 0 Å². The van der Waals surface area contributed by atoms with E-state index in [0.717, 1.165) is 17.7 Å². The van der Waals surface area contributed by atoms with Gasteiger partial charge in [-0.2, -0.15) is 0 Å². The van der Waals surface area contributed by atoms with Crippen molar-refractivity contribution in [3.8, 4) is 0 Å². The van der Waals surface area contributed by atoms with E-state index in [2.05, 4.69) is 34.7 Å². The second-order valence-corrected chi connectivity index (χ2v) is 9.37. The molecule has 9 nitrogen and oxygen atoms in total. The Kier molecular flexibility index (Phi) is 7.02. The Morgan fingerprint density at radius 1 is 1.18 bits per heavy atom. The van der Waals surface area contributed by atoms with E-state index < -0.39 is 0 Å². The number of anilines is 2. The van der Waals surface area contributed by atoms with Gasteiger partial charge in [-0.25, -0.2) is 0 Å². The maximum atomic E-state index is 12.7. The van der Waals surface area contributed by atoms with Crippen LogP contribution in [0.3, 0.4) is 0 Å². The molecule has 0 aliphatic carbocycles. The second-order valence-electron chi connectivity index (χ2n) is 9.37. The van der Waals surface area contributed by atoms with Gasteiger partial charge in [0.05, 0.1) is 4.92 Å². The third kappa shape index (κ3) is 5.67. The summed E-state index contributed by atoms with van der Waals surface area (Å²) >= 11 is 0. The number of hydrogen-bond donors (Lipinski definition) is 3. The number of carbonyl (C=O) groups is 2. The molecule has 0 saturated carbocycles. The minimum Gasteiger partial charge on any atom is -0.381 e. The van der Waals surface area contributed by atoms with Crippen LogP contribution in [0.2, 0.25) is 0 Å². The van der Waals surface area contributed by atoms with Gasteiger partial charge in [0.15, 0.2) is 0 Å². The smallest absolute Gasteiger partial charge is 0.269 e. The van der Waals surface area contributed by atoms with Gasteiger partial charge in [-0.05, 0) is 56.4 Å². The zero-order chi connectivity index (χ0) is 24.3. The van der Waals surface area contributed by atoms with Crippen LogP contribution in [-0.4, -0.2) is 48.3 Å². The first kappa shape index (κ1) is 24.2. The first-order valence-corrected chi connectivity index (χ1v) is 10.8. The lowest BCUT2D eigenvalue weighted by Crippen LogP contribution is -2.48. The van der Waals surface area contributed by atoms with Gasteiger partial charge in [-0.3, -0.25) is 19.7 Å². The number of rotatable bonds is 7. The Labute approximate surface area is 193 Å². The Bertz CT molecular complexity index is 1050. The summed E-state index contributed by atoms with van der Waals surface area (Å²) in [5.74, 6) is -0.352. The maximum Gasteiger partial charge on any atom is 0.269 e. The summed E-state index contributed by atoms with van der Waals surface area (Å²) < 4.78 is 0. The molecule has 0 bridgehead atoms. The Morgan fingerprint density at radius 2 is 1.85 bits per heavy atom. The Hall–Kier alpha value is -3.46. The van der Waals surface area contributed by atoms with Gasteiger partial charge < -0.3 is 20.9 Å². The van der Waals surface area contributed by atoms with Gasteiger partial charge >= 0.3 is 0 Å². The van der Waals surface area contributed by atoms with Gasteiger partial charge in [-0.15, -0.1) is 0 Å². The van der Waals surface area contributed by atoms with Crippen molar-refractivity contribution in [2.45, 2.75) is 39.3 Å². The van der Waals surface area contributed by atoms with Gasteiger partial charge in [0.25, 0.3) is 11.6 Å². The van der Waals surface area contributed by atoms with Crippen molar-refractivity contribution in [1.29, 1.82) is 0 Å². The van der Waals surface area contributed by atoms with Crippen LogP contribution in [0.4, 0.5) is 17.1 Å². The van der Waals surface area contributed by atoms with Crippen molar-refractivity contribution < 1.29 is 14.5 Å². The zero-order valence-corrected chi connectivity index (χ0v) is 19.6. The monoisotopic (exact) mass is 453 g/mol. The van der Waals surface area contributed by atoms with Crippen LogP contribution in [0, 0.1) is 15.5 Å². The third-order valence-corrected chi connectivity index (χ3v) is 6.13. The summed E-state index contributed by atoms with van der Waals surface area (Å²) in [5.41, 5.74) is 2.73. The predicted molar refractivity (Wildman–Crippen MR) is 128 cm³/mol. The molecule has 176 valence electrons. The molecule has 1 aliphatic heterocycles. The lowest BCUT2D eigenvalue weighted by molar-refractivity contribution is -0.384. The fourth-order valence-electron chi connectivity index (χ4n) is 4.11. The summed E-state index contributed by atoms with van der Waals surface area (Å²) in [7, 11) is 3.93. The van der Waals surface area contributed by atoms with Gasteiger partial charge in [0.2, 0.25) is 5.91 Å². The highest BCUT2D eigenvalue weighted by Gasteiger charge is 2.38. The molecule has 1 heterocycles. The van der Waals surface area contributed by atoms with Crippen LogP contribution >= 0.6 is 0 Å². The van der Waals surface area contributed by atoms with E-state index in [1.165, 1.54) is 13.0 Å². The molecule has 3 rings (SSSR count). The van der Waals surface area contributed by atoms with E-state index in [4.69, 9.17) is 0 Å². The third-order valence-electron chi connectivity index (χ3n) is 6.13. The molecule has 33 heavy (non-hydrogen) atoms. The van der Waals surface area contributed by atoms with E-state index in [1.807, 2.05) is 14.1 Å². The summed E-state index contributed by atoms with van der Waals surface area (Å²) in [6.07, 6.45) is 0.745. The van der Waals surface area contributed by atoms with Crippen molar-refractivity contribution in [2.24, 2.45) is 5.41 Å². The summed E-state index contributed by atoms with van der Waals surface area (Å²) in [6, 6.07) is 11.7. The molecule has 1 aliphatic rings. The van der Waals surface area contributed by atoms with E-state index in [-0.39, 0.29) is 39.9 Å². The number of amides is 2. The van der Waals surface area contributed by atoms with Crippen LogP contribution in [0.1, 0.15) is 49.2 Å². The summed E-state index contributed by atoms with van der Waals surface area (Å²) in [5, 5.41) is 20.5. The highest BCUT2D eigenvalue weighted by atomic mass is 16.6. The average Bonchev–Trinajstić information content (AvgIpc) is 2.76. The van der Waals surface area contributed by atoms with Crippen LogP contribution in [0.15, 0.2) is 42.5 Å². The molecule has 2 aromatic rings. The number of nitrogens with zero attached hydrogens (tertiary/aromatic N) is 2. The van der Waals surface area contributed by atoms with Crippen molar-refractivity contribution >= 4 is 28.9 Å². The quantitative estimate of drug-likeness (QED) is 0.434. The molecular weight excluding hydrogens is 422 g/mol. The van der Waals surface area contributed by atoms with Crippen molar-refractivity contribution in [3.63, 3.8) is 0 Å². The van der Waals surface area contributed by atoms with Crippen LogP contribution in [-0.2, 0) is 4.79 Å². The number of non-ortho nitro benzene ring substituents is 1. The molecule has 0 saturated heterocycles. The number of carbonyl (C=O) groups excluding carboxylic acids is 2. The topological polar surface area (TPSA) is 117 Å². The number of nitro benzene ring substituents is 1. The lowest BCUT2D eigenvalue weighted by Gasteiger charge is -2.43. The number of nitrogens with one attached hydrogen (secondary N) is 3. The van der Waals surface area contributed by atoms with E-state index in [9.17, 15) is 19.7 Å². The molecule has 9 heteroatoms. The fourth-order valence-corrected chi connectivity index (χ4v) is 4.11. The highest BCUT2D eigenvalue weighted by Crippen LogP contribution is 2.42. The van der Waals surface area contributed by atoms with Crippen LogP contribution < -0.4 is 16.0 Å². The molecule has 3 N–H and O–H groups in total. The second kappa shape index (κ2) is 9.58.